The average Bonchev–Trinajstić information content (AvgIpc) is 2.16. The number of amides is 1. The van der Waals surface area contributed by atoms with Gasteiger partial charge in [-0.2, -0.15) is 0 Å². The van der Waals surface area contributed by atoms with E-state index in [9.17, 15) is 4.79 Å². The predicted molar refractivity (Wildman–Crippen MR) is 57.9 cm³/mol. The third-order valence-corrected chi connectivity index (χ3v) is 3.21. The molecule has 0 aliphatic carbocycles. The third kappa shape index (κ3) is 2.27. The van der Waals surface area contributed by atoms with Crippen LogP contribution < -0.4 is 5.73 Å². The van der Waals surface area contributed by atoms with Gasteiger partial charge in [0.1, 0.15) is 0 Å². The van der Waals surface area contributed by atoms with Crippen molar-refractivity contribution in [3.05, 3.63) is 0 Å². The van der Waals surface area contributed by atoms with Gasteiger partial charge in [0.05, 0.1) is 6.04 Å². The summed E-state index contributed by atoms with van der Waals surface area (Å²) in [5.41, 5.74) is 5.78. The molecule has 0 radical (unpaired) electrons. The molecule has 1 heterocycles. The van der Waals surface area contributed by atoms with Gasteiger partial charge in [0.15, 0.2) is 0 Å². The Bertz CT molecular complexity index is 195. The van der Waals surface area contributed by atoms with E-state index in [1.165, 1.54) is 6.42 Å². The van der Waals surface area contributed by atoms with Crippen molar-refractivity contribution in [2.45, 2.75) is 64.6 Å². The third-order valence-electron chi connectivity index (χ3n) is 3.21. The molecule has 1 aliphatic heterocycles. The van der Waals surface area contributed by atoms with Gasteiger partial charge in [-0.3, -0.25) is 4.79 Å². The number of piperidine rings is 1. The van der Waals surface area contributed by atoms with E-state index < -0.39 is 0 Å². The Morgan fingerprint density at radius 1 is 1.43 bits per heavy atom. The fraction of sp³-hybridized carbons (Fsp3) is 0.909. The standard InChI is InChI=1S/C11H22N2O/c1-4-10(12)11(14)13-8(2)6-5-7-9(13)3/h8-10H,4-7,12H2,1-3H3/t8-,9+,10-/m0/s1. The summed E-state index contributed by atoms with van der Waals surface area (Å²) < 4.78 is 0. The lowest BCUT2D eigenvalue weighted by atomic mass is 9.96. The summed E-state index contributed by atoms with van der Waals surface area (Å²) in [4.78, 5) is 13.9. The summed E-state index contributed by atoms with van der Waals surface area (Å²) in [6.07, 6.45) is 4.20. The Labute approximate surface area is 86.6 Å². The maximum absolute atomic E-state index is 12.0. The molecule has 1 saturated heterocycles. The first-order valence-electron chi connectivity index (χ1n) is 5.65. The van der Waals surface area contributed by atoms with E-state index in [0.29, 0.717) is 12.1 Å². The quantitative estimate of drug-likeness (QED) is 0.731. The lowest BCUT2D eigenvalue weighted by Gasteiger charge is -2.40. The summed E-state index contributed by atoms with van der Waals surface area (Å²) in [7, 11) is 0. The van der Waals surface area contributed by atoms with Crippen LogP contribution in [-0.2, 0) is 4.79 Å². The molecule has 1 fully saturated rings. The van der Waals surface area contributed by atoms with Gasteiger partial charge in [-0.15, -0.1) is 0 Å². The van der Waals surface area contributed by atoms with E-state index in [4.69, 9.17) is 5.73 Å². The second-order valence-electron chi connectivity index (χ2n) is 4.39. The Balaban J connectivity index is 2.67. The second-order valence-corrected chi connectivity index (χ2v) is 4.39. The first kappa shape index (κ1) is 11.5. The van der Waals surface area contributed by atoms with Gasteiger partial charge in [-0.05, 0) is 39.5 Å². The highest BCUT2D eigenvalue weighted by Gasteiger charge is 2.30. The molecule has 2 N–H and O–H groups in total. The molecule has 0 unspecified atom stereocenters. The normalized spacial score (nSPS) is 30.1. The van der Waals surface area contributed by atoms with Crippen molar-refractivity contribution in [1.29, 1.82) is 0 Å². The van der Waals surface area contributed by atoms with E-state index in [1.807, 2.05) is 11.8 Å². The number of likely N-dealkylation sites (tertiary alicyclic amines) is 1. The number of nitrogens with two attached hydrogens (primary N) is 1. The maximum atomic E-state index is 12.0. The van der Waals surface area contributed by atoms with Gasteiger partial charge in [0.25, 0.3) is 0 Å². The molecule has 3 nitrogen and oxygen atoms in total. The largest absolute Gasteiger partial charge is 0.336 e. The molecule has 82 valence electrons. The monoisotopic (exact) mass is 198 g/mol. The molecule has 1 rings (SSSR count). The van der Waals surface area contributed by atoms with Gasteiger partial charge in [-0.1, -0.05) is 6.92 Å². The first-order valence-corrected chi connectivity index (χ1v) is 5.65. The molecule has 3 atom stereocenters. The van der Waals surface area contributed by atoms with Crippen molar-refractivity contribution >= 4 is 5.91 Å². The second kappa shape index (κ2) is 4.78. The molecule has 0 aromatic heterocycles. The zero-order chi connectivity index (χ0) is 10.7. The fourth-order valence-corrected chi connectivity index (χ4v) is 2.22. The molecule has 1 aliphatic rings. The number of rotatable bonds is 2. The van der Waals surface area contributed by atoms with Crippen molar-refractivity contribution in [3.63, 3.8) is 0 Å². The van der Waals surface area contributed by atoms with E-state index in [1.54, 1.807) is 0 Å². The highest BCUT2D eigenvalue weighted by molar-refractivity contribution is 5.82. The van der Waals surface area contributed by atoms with Crippen LogP contribution in [0.25, 0.3) is 0 Å². The molecule has 0 bridgehead atoms. The molecular formula is C11H22N2O. The molecule has 3 heteroatoms. The van der Waals surface area contributed by atoms with Gasteiger partial charge >= 0.3 is 0 Å². The average molecular weight is 198 g/mol. The predicted octanol–water partition coefficient (Wildman–Crippen LogP) is 1.51. The van der Waals surface area contributed by atoms with E-state index in [-0.39, 0.29) is 11.9 Å². The zero-order valence-electron chi connectivity index (χ0n) is 9.49. The fourth-order valence-electron chi connectivity index (χ4n) is 2.22. The van der Waals surface area contributed by atoms with Crippen LogP contribution in [0.3, 0.4) is 0 Å². The van der Waals surface area contributed by atoms with Crippen LogP contribution in [-0.4, -0.2) is 28.9 Å². The number of hydrogen-bond donors (Lipinski definition) is 1. The Morgan fingerprint density at radius 3 is 2.36 bits per heavy atom. The van der Waals surface area contributed by atoms with Crippen molar-refractivity contribution in [2.75, 3.05) is 0 Å². The number of hydrogen-bond acceptors (Lipinski definition) is 2. The van der Waals surface area contributed by atoms with Crippen molar-refractivity contribution in [2.24, 2.45) is 5.73 Å². The number of carbonyl (C=O) groups excluding carboxylic acids is 1. The molecule has 0 saturated carbocycles. The lowest BCUT2D eigenvalue weighted by molar-refractivity contribution is -0.138. The Kier molecular flexibility index (Phi) is 3.93. The Hall–Kier alpha value is -0.570. The highest BCUT2D eigenvalue weighted by atomic mass is 16.2. The summed E-state index contributed by atoms with van der Waals surface area (Å²) >= 11 is 0. The van der Waals surface area contributed by atoms with Crippen molar-refractivity contribution < 1.29 is 4.79 Å². The zero-order valence-corrected chi connectivity index (χ0v) is 9.49. The summed E-state index contributed by atoms with van der Waals surface area (Å²) in [6, 6.07) is 0.422. The molecule has 0 aromatic rings. The lowest BCUT2D eigenvalue weighted by Crippen LogP contribution is -2.53. The maximum Gasteiger partial charge on any atom is 0.239 e. The molecule has 0 spiro atoms. The minimum Gasteiger partial charge on any atom is -0.336 e. The van der Waals surface area contributed by atoms with Crippen molar-refractivity contribution in [1.82, 2.24) is 4.90 Å². The van der Waals surface area contributed by atoms with Crippen molar-refractivity contribution in [3.8, 4) is 0 Å². The summed E-state index contributed by atoms with van der Waals surface area (Å²) in [5.74, 6) is 0.132. The van der Waals surface area contributed by atoms with Crippen LogP contribution >= 0.6 is 0 Å². The van der Waals surface area contributed by atoms with Gasteiger partial charge in [-0.25, -0.2) is 0 Å². The van der Waals surface area contributed by atoms with E-state index in [0.717, 1.165) is 19.3 Å². The van der Waals surface area contributed by atoms with Gasteiger partial charge in [0, 0.05) is 12.1 Å². The molecule has 1 amide bonds. The number of carbonyl (C=O) groups is 1. The van der Waals surface area contributed by atoms with Gasteiger partial charge < -0.3 is 10.6 Å². The van der Waals surface area contributed by atoms with Crippen LogP contribution in [0.2, 0.25) is 0 Å². The van der Waals surface area contributed by atoms with E-state index in [2.05, 4.69) is 13.8 Å². The molecule has 14 heavy (non-hydrogen) atoms. The molecular weight excluding hydrogens is 176 g/mol. The summed E-state index contributed by atoms with van der Waals surface area (Å²) in [5, 5.41) is 0. The first-order chi connectivity index (χ1) is 6.57. The smallest absolute Gasteiger partial charge is 0.239 e. The molecule has 0 aromatic carbocycles. The van der Waals surface area contributed by atoms with E-state index >= 15 is 0 Å². The minimum atomic E-state index is -0.307. The van der Waals surface area contributed by atoms with Crippen LogP contribution in [0.15, 0.2) is 0 Å². The Morgan fingerprint density at radius 2 is 1.93 bits per heavy atom. The topological polar surface area (TPSA) is 46.3 Å². The summed E-state index contributed by atoms with van der Waals surface area (Å²) in [6.45, 7) is 6.20. The van der Waals surface area contributed by atoms with Gasteiger partial charge in [0.2, 0.25) is 5.91 Å². The SMILES string of the molecule is CC[C@H](N)C(=O)N1[C@H](C)CCC[C@@H]1C. The number of nitrogens with zero attached hydrogens (tertiary/aromatic N) is 1. The van der Waals surface area contributed by atoms with Crippen LogP contribution in [0.4, 0.5) is 0 Å². The van der Waals surface area contributed by atoms with Crippen LogP contribution in [0.5, 0.6) is 0 Å². The minimum absolute atomic E-state index is 0.132. The highest BCUT2D eigenvalue weighted by Crippen LogP contribution is 2.23. The van der Waals surface area contributed by atoms with Crippen LogP contribution in [0.1, 0.15) is 46.5 Å². The van der Waals surface area contributed by atoms with Crippen LogP contribution in [0, 0.1) is 0 Å².